The standard InChI is InChI=1S/C31H36F5N7O2/c1-19-13-22-24(16-43(19)25-8-6-7-23(33)26(25)31(34,35)36)38-29(45-18-30(9-10-30)17-40(4)5)39-27(22)41-11-12-42(28(44)20(2)32)21(15-41)14-37-3/h6-8,19,21H,2,9-18H2,1,4-5H3/t19-,21-/m0/s1. The van der Waals surface area contributed by atoms with E-state index in [0.717, 1.165) is 25.5 Å². The molecule has 14 heteroatoms. The van der Waals surface area contributed by atoms with Crippen molar-refractivity contribution in [2.45, 2.75) is 51.0 Å². The van der Waals surface area contributed by atoms with Crippen LogP contribution in [0.4, 0.5) is 33.5 Å². The smallest absolute Gasteiger partial charge is 0.421 e. The van der Waals surface area contributed by atoms with E-state index in [0.29, 0.717) is 23.7 Å². The van der Waals surface area contributed by atoms with Crippen molar-refractivity contribution in [3.8, 4) is 6.01 Å². The molecule has 2 fully saturated rings. The maximum atomic E-state index is 14.6. The van der Waals surface area contributed by atoms with Crippen molar-refractivity contribution in [3.63, 3.8) is 0 Å². The summed E-state index contributed by atoms with van der Waals surface area (Å²) in [5.74, 6) is -2.83. The van der Waals surface area contributed by atoms with Crippen LogP contribution in [0.3, 0.4) is 0 Å². The second kappa shape index (κ2) is 12.4. The molecule has 242 valence electrons. The van der Waals surface area contributed by atoms with Crippen LogP contribution in [0.25, 0.3) is 4.85 Å². The summed E-state index contributed by atoms with van der Waals surface area (Å²) in [7, 11) is 3.96. The minimum Gasteiger partial charge on any atom is -0.463 e. The number of amides is 1. The van der Waals surface area contributed by atoms with Gasteiger partial charge in [0.2, 0.25) is 6.54 Å². The van der Waals surface area contributed by atoms with Crippen molar-refractivity contribution in [1.29, 1.82) is 0 Å². The number of fused-ring (bicyclic) bond motifs is 1. The lowest BCUT2D eigenvalue weighted by Gasteiger charge is -2.42. The summed E-state index contributed by atoms with van der Waals surface area (Å²) < 4.78 is 76.5. The zero-order valence-corrected chi connectivity index (χ0v) is 25.5. The number of nitrogens with zero attached hydrogens (tertiary/aromatic N) is 7. The second-order valence-corrected chi connectivity index (χ2v) is 12.4. The lowest BCUT2D eigenvalue weighted by atomic mass is 9.96. The number of hydrogen-bond donors (Lipinski definition) is 0. The van der Waals surface area contributed by atoms with Gasteiger partial charge in [-0.15, -0.1) is 0 Å². The molecule has 9 nitrogen and oxygen atoms in total. The maximum absolute atomic E-state index is 14.6. The molecule has 1 amide bonds. The molecule has 1 saturated carbocycles. The van der Waals surface area contributed by atoms with Gasteiger partial charge in [-0.1, -0.05) is 12.6 Å². The molecule has 2 aromatic rings. The van der Waals surface area contributed by atoms with E-state index in [2.05, 4.69) is 21.3 Å². The molecule has 0 N–H and O–H groups in total. The van der Waals surface area contributed by atoms with Crippen LogP contribution >= 0.6 is 0 Å². The van der Waals surface area contributed by atoms with E-state index in [4.69, 9.17) is 16.3 Å². The lowest BCUT2D eigenvalue weighted by Crippen LogP contribution is -2.57. The number of alkyl halides is 3. The first-order valence-electron chi connectivity index (χ1n) is 14.8. The van der Waals surface area contributed by atoms with Crippen LogP contribution in [-0.4, -0.2) is 91.2 Å². The normalized spacial score (nSPS) is 20.9. The third-order valence-electron chi connectivity index (χ3n) is 8.68. The van der Waals surface area contributed by atoms with Crippen molar-refractivity contribution >= 4 is 17.4 Å². The minimum atomic E-state index is -4.91. The summed E-state index contributed by atoms with van der Waals surface area (Å²) in [4.78, 5) is 32.1. The van der Waals surface area contributed by atoms with Crippen molar-refractivity contribution in [3.05, 3.63) is 64.7 Å². The Kier molecular flexibility index (Phi) is 8.95. The Morgan fingerprint density at radius 2 is 1.98 bits per heavy atom. The Labute approximate surface area is 259 Å². The quantitative estimate of drug-likeness (QED) is 0.225. The Morgan fingerprint density at radius 3 is 2.60 bits per heavy atom. The van der Waals surface area contributed by atoms with Crippen LogP contribution in [-0.2, 0) is 23.9 Å². The Bertz CT molecular complexity index is 1500. The van der Waals surface area contributed by atoms with E-state index in [9.17, 15) is 26.7 Å². The van der Waals surface area contributed by atoms with Gasteiger partial charge in [0.1, 0.15) is 23.2 Å². The van der Waals surface area contributed by atoms with E-state index >= 15 is 0 Å². The fourth-order valence-corrected chi connectivity index (χ4v) is 6.39. The summed E-state index contributed by atoms with van der Waals surface area (Å²) in [6.07, 6.45) is -2.71. The molecule has 45 heavy (non-hydrogen) atoms. The molecule has 0 bridgehead atoms. The third kappa shape index (κ3) is 6.83. The molecule has 1 aromatic heterocycles. The third-order valence-corrected chi connectivity index (χ3v) is 8.68. The number of rotatable bonds is 9. The maximum Gasteiger partial charge on any atom is 0.421 e. The molecule has 3 aliphatic rings. The fourth-order valence-electron chi connectivity index (χ4n) is 6.39. The molecule has 1 aromatic carbocycles. The van der Waals surface area contributed by atoms with Gasteiger partial charge in [0, 0.05) is 43.2 Å². The van der Waals surface area contributed by atoms with Crippen molar-refractivity contribution in [2.24, 2.45) is 5.41 Å². The number of hydrogen-bond acceptors (Lipinski definition) is 7. The van der Waals surface area contributed by atoms with Crippen LogP contribution in [0, 0.1) is 17.8 Å². The highest BCUT2D eigenvalue weighted by Gasteiger charge is 2.45. The summed E-state index contributed by atoms with van der Waals surface area (Å²) in [5.41, 5.74) is -0.514. The van der Waals surface area contributed by atoms with Crippen molar-refractivity contribution in [1.82, 2.24) is 19.8 Å². The highest BCUT2D eigenvalue weighted by molar-refractivity contribution is 5.91. The summed E-state index contributed by atoms with van der Waals surface area (Å²) in [6, 6.07) is 2.25. The van der Waals surface area contributed by atoms with Crippen LogP contribution in [0.2, 0.25) is 0 Å². The van der Waals surface area contributed by atoms with Gasteiger partial charge in [-0.3, -0.25) is 4.79 Å². The average molecular weight is 634 g/mol. The van der Waals surface area contributed by atoms with Gasteiger partial charge in [0.25, 0.3) is 5.91 Å². The zero-order chi connectivity index (χ0) is 32.7. The number of benzene rings is 1. The van der Waals surface area contributed by atoms with E-state index in [1.807, 2.05) is 19.0 Å². The molecule has 2 aliphatic heterocycles. The molecule has 1 saturated heterocycles. The number of piperazine rings is 1. The first kappa shape index (κ1) is 32.4. The Balaban J connectivity index is 1.52. The van der Waals surface area contributed by atoms with Crippen molar-refractivity contribution in [2.75, 3.05) is 63.2 Å². The SMILES string of the molecule is [C-]#[N+]C[C@H]1CN(c2nc(OCC3(CN(C)C)CC3)nc3c2C[C@H](C)N(c2cccc(F)c2C(F)(F)F)C3)CCN1C(=O)C(=C)F. The molecule has 3 heterocycles. The number of carbonyl (C=O) groups is 1. The molecule has 0 spiro atoms. The Hall–Kier alpha value is -3.99. The van der Waals surface area contributed by atoms with Gasteiger partial charge in [0.05, 0.1) is 24.5 Å². The summed E-state index contributed by atoms with van der Waals surface area (Å²) >= 11 is 0. The van der Waals surface area contributed by atoms with Gasteiger partial charge in [0.15, 0.2) is 5.83 Å². The van der Waals surface area contributed by atoms with Gasteiger partial charge in [-0.05, 0) is 52.4 Å². The predicted molar refractivity (Wildman–Crippen MR) is 158 cm³/mol. The first-order valence-corrected chi connectivity index (χ1v) is 14.8. The molecular formula is C31H36F5N7O2. The largest absolute Gasteiger partial charge is 0.463 e. The molecule has 0 unspecified atom stereocenters. The lowest BCUT2D eigenvalue weighted by molar-refractivity contribution is -0.139. The number of ether oxygens (including phenoxy) is 1. The number of aromatic nitrogens is 2. The second-order valence-electron chi connectivity index (χ2n) is 12.4. The van der Waals surface area contributed by atoms with Gasteiger partial charge in [-0.2, -0.15) is 23.1 Å². The van der Waals surface area contributed by atoms with Gasteiger partial charge in [-0.25, -0.2) is 15.4 Å². The van der Waals surface area contributed by atoms with Crippen molar-refractivity contribution < 1.29 is 31.5 Å². The van der Waals surface area contributed by atoms with Gasteiger partial charge >= 0.3 is 12.2 Å². The fraction of sp³-hybridized carbons (Fsp3) is 0.548. The van der Waals surface area contributed by atoms with Crippen LogP contribution in [0.5, 0.6) is 6.01 Å². The van der Waals surface area contributed by atoms with E-state index in [1.165, 1.54) is 21.9 Å². The predicted octanol–water partition coefficient (Wildman–Crippen LogP) is 4.73. The molecule has 1 aliphatic carbocycles. The zero-order valence-electron chi connectivity index (χ0n) is 25.5. The highest BCUT2D eigenvalue weighted by atomic mass is 19.4. The number of carbonyl (C=O) groups excluding carboxylic acids is 1. The van der Waals surface area contributed by atoms with Crippen LogP contribution in [0.15, 0.2) is 30.6 Å². The Morgan fingerprint density at radius 1 is 1.24 bits per heavy atom. The number of halogens is 5. The molecule has 5 rings (SSSR count). The van der Waals surface area contributed by atoms with E-state index < -0.39 is 41.4 Å². The molecule has 0 radical (unpaired) electrons. The topological polar surface area (TPSA) is 69.4 Å². The first-order chi connectivity index (χ1) is 21.2. The number of anilines is 2. The van der Waals surface area contributed by atoms with Crippen LogP contribution < -0.4 is 14.5 Å². The summed E-state index contributed by atoms with van der Waals surface area (Å²) in [5, 5.41) is 0. The average Bonchev–Trinajstić information content (AvgIpc) is 3.73. The summed E-state index contributed by atoms with van der Waals surface area (Å²) in [6.45, 7) is 13.9. The molecular weight excluding hydrogens is 597 g/mol. The van der Waals surface area contributed by atoms with E-state index in [1.54, 1.807) is 6.92 Å². The van der Waals surface area contributed by atoms with Gasteiger partial charge < -0.3 is 29.2 Å². The monoisotopic (exact) mass is 633 g/mol. The van der Waals surface area contributed by atoms with Crippen LogP contribution in [0.1, 0.15) is 36.6 Å². The van der Waals surface area contributed by atoms with E-state index in [-0.39, 0.29) is 56.3 Å². The minimum absolute atomic E-state index is 0.0475. The molecule has 2 atom stereocenters. The highest BCUT2D eigenvalue weighted by Crippen LogP contribution is 2.46.